The fourth-order valence-electron chi connectivity index (χ4n) is 2.22. The second-order valence-electron chi connectivity index (χ2n) is 5.34. The molecular weight excluding hydrogens is 379 g/mol. The fourth-order valence-corrected chi connectivity index (χ4v) is 3.36. The molecule has 0 saturated carbocycles. The first-order valence-corrected chi connectivity index (χ1v) is 9.35. The maximum absolute atomic E-state index is 13.1. The Bertz CT molecular complexity index is 1050. The zero-order valence-corrected chi connectivity index (χ0v) is 15.2. The molecule has 0 aliphatic heterocycles. The van der Waals surface area contributed by atoms with Crippen LogP contribution in [0.3, 0.4) is 0 Å². The normalized spacial score (nSPS) is 11.8. The smallest absolute Gasteiger partial charge is 0.221 e. The lowest BCUT2D eigenvalue weighted by Gasteiger charge is -2.03. The van der Waals surface area contributed by atoms with E-state index in [-0.39, 0.29) is 15.9 Å². The van der Waals surface area contributed by atoms with Crippen LogP contribution < -0.4 is 4.83 Å². The van der Waals surface area contributed by atoms with Crippen LogP contribution in [0.25, 0.3) is 5.69 Å². The molecule has 0 spiro atoms. The molecule has 6 nitrogen and oxygen atoms in total. The Hall–Kier alpha value is -2.71. The Morgan fingerprint density at radius 3 is 2.46 bits per heavy atom. The van der Waals surface area contributed by atoms with Crippen LogP contribution in [0.15, 0.2) is 64.6 Å². The Labute approximate surface area is 155 Å². The van der Waals surface area contributed by atoms with Gasteiger partial charge in [0, 0.05) is 0 Å². The van der Waals surface area contributed by atoms with Crippen molar-refractivity contribution in [1.29, 1.82) is 0 Å². The van der Waals surface area contributed by atoms with Gasteiger partial charge in [0.1, 0.15) is 11.0 Å². The molecule has 9 heteroatoms. The van der Waals surface area contributed by atoms with Crippen molar-refractivity contribution in [2.75, 3.05) is 0 Å². The predicted octanol–water partition coefficient (Wildman–Crippen LogP) is 3.29. The molecule has 134 valence electrons. The molecule has 0 radical (unpaired) electrons. The number of hydrogen-bond donors (Lipinski definition) is 1. The number of nitrogens with one attached hydrogen (secondary N) is 1. The molecule has 0 aliphatic rings. The fraction of sp³-hybridized carbons (Fsp3) is 0.0588. The number of nitrogens with zero attached hydrogens (tertiary/aromatic N) is 3. The minimum Gasteiger partial charge on any atom is -0.221 e. The summed E-state index contributed by atoms with van der Waals surface area (Å²) in [4.78, 5) is 2.23. The van der Waals surface area contributed by atoms with Crippen molar-refractivity contribution >= 4 is 27.8 Å². The summed E-state index contributed by atoms with van der Waals surface area (Å²) in [6, 6.07) is 13.5. The lowest BCUT2D eigenvalue weighted by molar-refractivity contribution is 0.584. The number of halogens is 2. The first kappa shape index (κ1) is 18.1. The highest BCUT2D eigenvalue weighted by molar-refractivity contribution is 7.89. The third-order valence-electron chi connectivity index (χ3n) is 3.54. The van der Waals surface area contributed by atoms with E-state index in [4.69, 9.17) is 11.6 Å². The predicted molar refractivity (Wildman–Crippen MR) is 97.6 cm³/mol. The number of hydrazone groups is 1. The van der Waals surface area contributed by atoms with Gasteiger partial charge in [-0.25, -0.2) is 13.9 Å². The molecule has 0 fully saturated rings. The van der Waals surface area contributed by atoms with Crippen LogP contribution in [-0.2, 0) is 10.0 Å². The van der Waals surface area contributed by atoms with Crippen molar-refractivity contribution in [1.82, 2.24) is 14.6 Å². The van der Waals surface area contributed by atoms with Crippen LogP contribution in [0.1, 0.15) is 11.3 Å². The number of sulfonamides is 1. The van der Waals surface area contributed by atoms with Crippen molar-refractivity contribution in [3.05, 3.63) is 76.8 Å². The van der Waals surface area contributed by atoms with Gasteiger partial charge in [-0.15, -0.1) is 0 Å². The Kier molecular flexibility index (Phi) is 5.06. The van der Waals surface area contributed by atoms with E-state index < -0.39 is 10.0 Å². The molecule has 1 aromatic heterocycles. The summed E-state index contributed by atoms with van der Waals surface area (Å²) in [5.41, 5.74) is 1.57. The van der Waals surface area contributed by atoms with Gasteiger partial charge in [0.15, 0.2) is 0 Å². The van der Waals surface area contributed by atoms with E-state index in [0.717, 1.165) is 0 Å². The van der Waals surface area contributed by atoms with Gasteiger partial charge in [0.25, 0.3) is 10.0 Å². The van der Waals surface area contributed by atoms with E-state index in [1.165, 1.54) is 47.3 Å². The Morgan fingerprint density at radius 1 is 1.15 bits per heavy atom. The second-order valence-corrected chi connectivity index (χ2v) is 7.36. The average Bonchev–Trinajstić information content (AvgIpc) is 2.91. The molecule has 0 atom stereocenters. The van der Waals surface area contributed by atoms with Crippen molar-refractivity contribution < 1.29 is 12.8 Å². The lowest BCUT2D eigenvalue weighted by Crippen LogP contribution is -2.18. The zero-order valence-electron chi connectivity index (χ0n) is 13.6. The molecule has 0 unspecified atom stereocenters. The summed E-state index contributed by atoms with van der Waals surface area (Å²) in [6.07, 6.45) is 1.28. The summed E-state index contributed by atoms with van der Waals surface area (Å²) in [5.74, 6) is -0.370. The summed E-state index contributed by atoms with van der Waals surface area (Å²) < 4.78 is 38.8. The van der Waals surface area contributed by atoms with Gasteiger partial charge in [-0.1, -0.05) is 29.8 Å². The maximum atomic E-state index is 13.1. The van der Waals surface area contributed by atoms with Crippen LogP contribution in [-0.4, -0.2) is 24.4 Å². The highest BCUT2D eigenvalue weighted by Crippen LogP contribution is 2.22. The number of aryl methyl sites for hydroxylation is 1. The van der Waals surface area contributed by atoms with Gasteiger partial charge in [-0.05, 0) is 43.3 Å². The molecule has 2 aromatic carbocycles. The summed E-state index contributed by atoms with van der Waals surface area (Å²) in [7, 11) is -3.77. The van der Waals surface area contributed by atoms with Gasteiger partial charge >= 0.3 is 0 Å². The van der Waals surface area contributed by atoms with E-state index in [1.807, 2.05) is 0 Å². The van der Waals surface area contributed by atoms with E-state index in [9.17, 15) is 12.8 Å². The van der Waals surface area contributed by atoms with Crippen LogP contribution in [0.5, 0.6) is 0 Å². The third-order valence-corrected chi connectivity index (χ3v) is 5.14. The van der Waals surface area contributed by atoms with Gasteiger partial charge in [0.2, 0.25) is 0 Å². The van der Waals surface area contributed by atoms with Crippen molar-refractivity contribution in [2.45, 2.75) is 11.8 Å². The monoisotopic (exact) mass is 392 g/mol. The highest BCUT2D eigenvalue weighted by Gasteiger charge is 2.15. The minimum absolute atomic E-state index is 0.0991. The summed E-state index contributed by atoms with van der Waals surface area (Å²) >= 11 is 6.31. The Balaban J connectivity index is 1.84. The second kappa shape index (κ2) is 7.27. The molecule has 0 aliphatic carbocycles. The Morgan fingerprint density at radius 2 is 1.81 bits per heavy atom. The molecular formula is C17H14ClFN4O2S. The minimum atomic E-state index is -3.77. The van der Waals surface area contributed by atoms with Gasteiger partial charge in [-0.2, -0.15) is 18.6 Å². The number of hydrogen-bond acceptors (Lipinski definition) is 4. The first-order valence-electron chi connectivity index (χ1n) is 7.49. The quantitative estimate of drug-likeness (QED) is 0.534. The van der Waals surface area contributed by atoms with Gasteiger partial charge < -0.3 is 0 Å². The van der Waals surface area contributed by atoms with E-state index in [1.54, 1.807) is 25.1 Å². The van der Waals surface area contributed by atoms with E-state index >= 15 is 0 Å². The standard InChI is InChI=1S/C17H14ClFN4O2S/c1-12-16(11-20-22-26(24,25)15-5-3-2-4-6-15)17(18)23(21-12)14-9-7-13(19)8-10-14/h2-11,22H,1H3/b20-11+. The molecule has 26 heavy (non-hydrogen) atoms. The largest absolute Gasteiger partial charge is 0.276 e. The SMILES string of the molecule is Cc1nn(-c2ccc(F)cc2)c(Cl)c1/C=N/NS(=O)(=O)c1ccccc1. The van der Waals surface area contributed by atoms with Gasteiger partial charge in [0.05, 0.1) is 28.1 Å². The third kappa shape index (κ3) is 3.76. The molecule has 3 rings (SSSR count). The molecule has 0 saturated heterocycles. The number of benzene rings is 2. The maximum Gasteiger partial charge on any atom is 0.276 e. The van der Waals surface area contributed by atoms with Crippen molar-refractivity contribution in [3.63, 3.8) is 0 Å². The molecule has 1 N–H and O–H groups in total. The first-order chi connectivity index (χ1) is 12.4. The van der Waals surface area contributed by atoms with Crippen LogP contribution in [0.4, 0.5) is 4.39 Å². The highest BCUT2D eigenvalue weighted by atomic mass is 35.5. The van der Waals surface area contributed by atoms with E-state index in [0.29, 0.717) is 16.9 Å². The molecule has 3 aromatic rings. The topological polar surface area (TPSA) is 76.3 Å². The summed E-state index contributed by atoms with van der Waals surface area (Å²) in [6.45, 7) is 1.71. The number of aromatic nitrogens is 2. The van der Waals surface area contributed by atoms with Crippen LogP contribution >= 0.6 is 11.6 Å². The average molecular weight is 393 g/mol. The number of rotatable bonds is 5. The van der Waals surface area contributed by atoms with E-state index in [2.05, 4.69) is 15.0 Å². The zero-order chi connectivity index (χ0) is 18.7. The summed E-state index contributed by atoms with van der Waals surface area (Å²) in [5, 5.41) is 8.28. The molecule has 1 heterocycles. The van der Waals surface area contributed by atoms with Crippen LogP contribution in [0.2, 0.25) is 5.15 Å². The molecule has 0 amide bonds. The lowest BCUT2D eigenvalue weighted by atomic mass is 10.3. The van der Waals surface area contributed by atoms with Crippen molar-refractivity contribution in [3.8, 4) is 5.69 Å². The van der Waals surface area contributed by atoms with Crippen LogP contribution in [0, 0.1) is 12.7 Å². The molecule has 0 bridgehead atoms. The van der Waals surface area contributed by atoms with Gasteiger partial charge in [-0.3, -0.25) is 0 Å². The van der Waals surface area contributed by atoms with Crippen molar-refractivity contribution in [2.24, 2.45) is 5.10 Å².